The topological polar surface area (TPSA) is 40.5 Å². The molecular weight excluding hydrogens is 356 g/mol. The van der Waals surface area contributed by atoms with Crippen molar-refractivity contribution in [2.24, 2.45) is 29.1 Å². The van der Waals surface area contributed by atoms with E-state index in [1.807, 2.05) is 0 Å². The molecule has 3 saturated carbocycles. The Bertz CT molecular complexity index is 643. The van der Waals surface area contributed by atoms with Crippen molar-refractivity contribution >= 4 is 0 Å². The molecule has 0 aromatic heterocycles. The molecule has 0 bridgehead atoms. The summed E-state index contributed by atoms with van der Waals surface area (Å²) in [6, 6.07) is 0. The first kappa shape index (κ1) is 22.8. The van der Waals surface area contributed by atoms with Crippen LogP contribution in [0, 0.1) is 29.1 Å². The number of allylic oxidation sites excluding steroid dienone is 3. The van der Waals surface area contributed by atoms with E-state index >= 15 is 0 Å². The zero-order valence-corrected chi connectivity index (χ0v) is 19.3. The number of fused-ring (bicyclic) bond motifs is 1. The van der Waals surface area contributed by atoms with Crippen molar-refractivity contribution in [3.8, 4) is 0 Å². The quantitative estimate of drug-likeness (QED) is 0.528. The Hall–Kier alpha value is -0.860. The van der Waals surface area contributed by atoms with Crippen LogP contribution in [0.5, 0.6) is 0 Å². The predicted molar refractivity (Wildman–Crippen MR) is 123 cm³/mol. The summed E-state index contributed by atoms with van der Waals surface area (Å²) < 4.78 is 0. The first-order valence-corrected chi connectivity index (χ1v) is 12.2. The van der Waals surface area contributed by atoms with Crippen LogP contribution in [-0.4, -0.2) is 22.4 Å². The lowest BCUT2D eigenvalue weighted by Crippen LogP contribution is -2.36. The van der Waals surface area contributed by atoms with Crippen molar-refractivity contribution in [1.29, 1.82) is 0 Å². The molecule has 0 aromatic rings. The molecule has 164 valence electrons. The number of hydrogen-bond donors (Lipinski definition) is 2. The molecule has 3 aliphatic carbocycles. The number of rotatable bonds is 6. The highest BCUT2D eigenvalue weighted by atomic mass is 16.3. The molecule has 0 heterocycles. The van der Waals surface area contributed by atoms with E-state index in [4.69, 9.17) is 0 Å². The Labute approximate surface area is 179 Å². The third-order valence-electron chi connectivity index (χ3n) is 8.43. The zero-order valence-electron chi connectivity index (χ0n) is 19.3. The molecule has 0 aromatic carbocycles. The fourth-order valence-electron chi connectivity index (χ4n) is 6.73. The molecule has 0 aliphatic heterocycles. The van der Waals surface area contributed by atoms with E-state index in [0.29, 0.717) is 24.2 Å². The number of aliphatic hydroxyl groups excluding tert-OH is 2. The van der Waals surface area contributed by atoms with Gasteiger partial charge in [-0.15, -0.1) is 0 Å². The highest BCUT2D eigenvalue weighted by molar-refractivity contribution is 5.38. The minimum Gasteiger partial charge on any atom is -0.393 e. The Kier molecular flexibility index (Phi) is 7.49. The molecule has 3 rings (SSSR count). The lowest BCUT2D eigenvalue weighted by molar-refractivity contribution is 0.0861. The van der Waals surface area contributed by atoms with Gasteiger partial charge in [0.15, 0.2) is 0 Å². The van der Waals surface area contributed by atoms with Crippen LogP contribution in [0.25, 0.3) is 0 Å². The Morgan fingerprint density at radius 1 is 1.14 bits per heavy atom. The Morgan fingerprint density at radius 2 is 1.90 bits per heavy atom. The minimum absolute atomic E-state index is 0.420. The van der Waals surface area contributed by atoms with Gasteiger partial charge in [0.1, 0.15) is 0 Å². The van der Waals surface area contributed by atoms with E-state index in [1.165, 1.54) is 51.4 Å². The molecule has 0 amide bonds. The summed E-state index contributed by atoms with van der Waals surface area (Å²) in [7, 11) is 0. The van der Waals surface area contributed by atoms with Gasteiger partial charge in [0, 0.05) is 6.42 Å². The lowest BCUT2D eigenvalue weighted by atomic mass is 9.60. The second kappa shape index (κ2) is 9.52. The number of hydrogen-bond acceptors (Lipinski definition) is 2. The summed E-state index contributed by atoms with van der Waals surface area (Å²) in [4.78, 5) is 0. The van der Waals surface area contributed by atoms with E-state index in [0.717, 1.165) is 28.9 Å². The lowest BCUT2D eigenvalue weighted by Gasteiger charge is -2.44. The van der Waals surface area contributed by atoms with Crippen molar-refractivity contribution in [2.75, 3.05) is 0 Å². The van der Waals surface area contributed by atoms with Gasteiger partial charge in [0.25, 0.3) is 0 Å². The minimum atomic E-state index is -0.595. The molecule has 29 heavy (non-hydrogen) atoms. The van der Waals surface area contributed by atoms with Crippen molar-refractivity contribution in [3.05, 3.63) is 35.5 Å². The summed E-state index contributed by atoms with van der Waals surface area (Å²) in [6.45, 7) is 13.8. The fraction of sp³-hybridized carbons (Fsp3) is 0.778. The van der Waals surface area contributed by atoms with Gasteiger partial charge in [-0.25, -0.2) is 0 Å². The molecule has 0 spiro atoms. The van der Waals surface area contributed by atoms with Crippen LogP contribution in [0.2, 0.25) is 0 Å². The molecule has 3 aliphatic rings. The summed E-state index contributed by atoms with van der Waals surface area (Å²) in [6.07, 6.45) is 15.2. The monoisotopic (exact) mass is 400 g/mol. The van der Waals surface area contributed by atoms with E-state index in [9.17, 15) is 10.2 Å². The molecule has 2 nitrogen and oxygen atoms in total. The molecule has 0 radical (unpaired) electrons. The highest BCUT2D eigenvalue weighted by Gasteiger charge is 2.50. The standard InChI is InChI=1S/C27H44O2/c1-18(2)8-6-9-19(3)24-13-14-25-21(10-7-15-27(24,25)5)11-12-22-16-23(28)17-26(29)20(22)4/h11-12,18-19,23-26,28-29H,4,6-10,13-17H2,1-3,5H3/b21-11-,22-12-/t19-,23+,24+,25-,26-,27+/m0/s1. The molecule has 3 fully saturated rings. The van der Waals surface area contributed by atoms with E-state index in [2.05, 4.69) is 46.4 Å². The van der Waals surface area contributed by atoms with Crippen molar-refractivity contribution in [1.82, 2.24) is 0 Å². The van der Waals surface area contributed by atoms with E-state index < -0.39 is 12.2 Å². The third kappa shape index (κ3) is 5.07. The third-order valence-corrected chi connectivity index (χ3v) is 8.43. The van der Waals surface area contributed by atoms with Gasteiger partial charge in [-0.1, -0.05) is 71.3 Å². The van der Waals surface area contributed by atoms with Gasteiger partial charge in [0.05, 0.1) is 12.2 Å². The second-order valence-corrected chi connectivity index (χ2v) is 11.0. The molecule has 0 saturated heterocycles. The van der Waals surface area contributed by atoms with Crippen LogP contribution in [0.3, 0.4) is 0 Å². The van der Waals surface area contributed by atoms with Crippen molar-refractivity contribution < 1.29 is 10.2 Å². The van der Waals surface area contributed by atoms with Crippen LogP contribution in [0.4, 0.5) is 0 Å². The number of aliphatic hydroxyl groups is 2. The van der Waals surface area contributed by atoms with Crippen LogP contribution >= 0.6 is 0 Å². The maximum Gasteiger partial charge on any atom is 0.0811 e. The summed E-state index contributed by atoms with van der Waals surface area (Å²) in [5, 5.41) is 20.2. The van der Waals surface area contributed by atoms with Gasteiger partial charge in [-0.3, -0.25) is 0 Å². The Morgan fingerprint density at radius 3 is 2.62 bits per heavy atom. The molecule has 2 N–H and O–H groups in total. The second-order valence-electron chi connectivity index (χ2n) is 11.0. The van der Waals surface area contributed by atoms with E-state index in [1.54, 1.807) is 5.57 Å². The largest absolute Gasteiger partial charge is 0.393 e. The normalized spacial score (nSPS) is 39.3. The maximum atomic E-state index is 10.1. The average molecular weight is 401 g/mol. The summed E-state index contributed by atoms with van der Waals surface area (Å²) >= 11 is 0. The van der Waals surface area contributed by atoms with E-state index in [-0.39, 0.29) is 0 Å². The van der Waals surface area contributed by atoms with Gasteiger partial charge in [-0.05, 0) is 78.8 Å². The van der Waals surface area contributed by atoms with Crippen LogP contribution < -0.4 is 0 Å². The average Bonchev–Trinajstić information content (AvgIpc) is 3.00. The van der Waals surface area contributed by atoms with Gasteiger partial charge in [0.2, 0.25) is 0 Å². The van der Waals surface area contributed by atoms with Crippen LogP contribution in [-0.2, 0) is 0 Å². The smallest absolute Gasteiger partial charge is 0.0811 e. The van der Waals surface area contributed by atoms with Crippen molar-refractivity contribution in [2.45, 2.75) is 104 Å². The molecule has 2 heteroatoms. The summed E-state index contributed by atoms with van der Waals surface area (Å²) in [5.74, 6) is 3.20. The molecule has 0 unspecified atom stereocenters. The van der Waals surface area contributed by atoms with Gasteiger partial charge < -0.3 is 10.2 Å². The molecule has 6 atom stereocenters. The SMILES string of the molecule is C=C1/C(=C\C=C2\CCC[C@]3(C)[C@@H]([C@@H](C)CCCC(C)C)CC[C@@H]23)C[C@@H](O)C[C@@H]1O. The predicted octanol–water partition coefficient (Wildman–Crippen LogP) is 6.59. The first-order valence-electron chi connectivity index (χ1n) is 12.2. The first-order chi connectivity index (χ1) is 13.7. The summed E-state index contributed by atoms with van der Waals surface area (Å²) in [5.41, 5.74) is 3.88. The fourth-order valence-corrected chi connectivity index (χ4v) is 6.73. The van der Waals surface area contributed by atoms with Crippen LogP contribution in [0.1, 0.15) is 91.9 Å². The van der Waals surface area contributed by atoms with Crippen LogP contribution in [0.15, 0.2) is 35.5 Å². The maximum absolute atomic E-state index is 10.1. The van der Waals surface area contributed by atoms with Gasteiger partial charge in [-0.2, -0.15) is 0 Å². The van der Waals surface area contributed by atoms with Gasteiger partial charge >= 0.3 is 0 Å². The highest BCUT2D eigenvalue weighted by Crippen LogP contribution is 2.59. The molecular formula is C27H44O2. The Balaban J connectivity index is 1.71. The van der Waals surface area contributed by atoms with Crippen molar-refractivity contribution in [3.63, 3.8) is 0 Å². The zero-order chi connectivity index (χ0) is 21.2.